The van der Waals surface area contributed by atoms with Gasteiger partial charge in [0.15, 0.2) is 4.98 Å². The summed E-state index contributed by atoms with van der Waals surface area (Å²) in [5, 5.41) is 14.1. The van der Waals surface area contributed by atoms with Gasteiger partial charge in [0.1, 0.15) is 0 Å². The van der Waals surface area contributed by atoms with Gasteiger partial charge in [-0.1, -0.05) is 23.2 Å². The Kier molecular flexibility index (Phi) is 1.56. The summed E-state index contributed by atoms with van der Waals surface area (Å²) in [7, 11) is 0. The molecular weight excluding hydrogens is 163 g/mol. The molecule has 0 bridgehead atoms. The number of nitrogens with one attached hydrogen (secondary N) is 1. The van der Waals surface area contributed by atoms with Gasteiger partial charge in [0.05, 0.1) is 0 Å². The minimum atomic E-state index is 0.0579. The molecular formula is C3HCl2N4+. The molecule has 0 amide bonds. The highest BCUT2D eigenvalue weighted by atomic mass is 35.5. The summed E-state index contributed by atoms with van der Waals surface area (Å²) in [6.45, 7) is 0. The van der Waals surface area contributed by atoms with Crippen LogP contribution in [0.25, 0.3) is 4.98 Å². The molecule has 0 spiro atoms. The standard InChI is InChI=1S/C3HCl2N4/c4-2-1(7-6)3(5)9-8-2/h(H,8,9)/q+1. The van der Waals surface area contributed by atoms with Gasteiger partial charge >= 0.3 is 5.69 Å². The Labute approximate surface area is 60.4 Å². The van der Waals surface area contributed by atoms with E-state index >= 15 is 0 Å². The van der Waals surface area contributed by atoms with Crippen molar-refractivity contribution < 1.29 is 0 Å². The second kappa shape index (κ2) is 2.21. The fourth-order valence-corrected chi connectivity index (χ4v) is 0.772. The average Bonchev–Trinajstić information content (AvgIpc) is 2.12. The van der Waals surface area contributed by atoms with Gasteiger partial charge in [-0.25, -0.2) is 0 Å². The largest absolute Gasteiger partial charge is 0.459 e. The van der Waals surface area contributed by atoms with Crippen LogP contribution in [-0.2, 0) is 0 Å². The number of aromatic amines is 1. The van der Waals surface area contributed by atoms with E-state index in [2.05, 4.69) is 15.2 Å². The van der Waals surface area contributed by atoms with E-state index in [4.69, 9.17) is 28.6 Å². The van der Waals surface area contributed by atoms with E-state index in [0.29, 0.717) is 0 Å². The first-order valence-corrected chi connectivity index (χ1v) is 2.75. The van der Waals surface area contributed by atoms with Crippen LogP contribution >= 0.6 is 23.2 Å². The maximum atomic E-state index is 8.18. The Bertz CT molecular complexity index is 240. The molecule has 9 heavy (non-hydrogen) atoms. The second-order valence-electron chi connectivity index (χ2n) is 1.28. The highest BCUT2D eigenvalue weighted by Crippen LogP contribution is 2.29. The minimum Gasteiger partial charge on any atom is -0.259 e. The highest BCUT2D eigenvalue weighted by molar-refractivity contribution is 6.37. The van der Waals surface area contributed by atoms with E-state index in [9.17, 15) is 0 Å². The molecule has 1 aromatic rings. The van der Waals surface area contributed by atoms with Crippen molar-refractivity contribution in [3.05, 3.63) is 15.3 Å². The van der Waals surface area contributed by atoms with Crippen molar-refractivity contribution in [1.29, 1.82) is 5.39 Å². The molecule has 1 aromatic heterocycles. The fraction of sp³-hybridized carbons (Fsp3) is 0. The zero-order chi connectivity index (χ0) is 6.85. The van der Waals surface area contributed by atoms with Gasteiger partial charge in [-0.3, -0.25) is 5.10 Å². The van der Waals surface area contributed by atoms with Gasteiger partial charge in [-0.05, 0) is 0 Å². The van der Waals surface area contributed by atoms with E-state index in [1.54, 1.807) is 0 Å². The van der Waals surface area contributed by atoms with Crippen LogP contribution in [0.2, 0.25) is 10.3 Å². The van der Waals surface area contributed by atoms with E-state index in [1.165, 1.54) is 0 Å². The van der Waals surface area contributed by atoms with Crippen LogP contribution in [0.4, 0.5) is 5.69 Å². The molecule has 6 heteroatoms. The second-order valence-corrected chi connectivity index (χ2v) is 2.01. The first-order valence-electron chi connectivity index (χ1n) is 2.00. The summed E-state index contributed by atoms with van der Waals surface area (Å²) in [5.41, 5.74) is 0.0679. The quantitative estimate of drug-likeness (QED) is 0.597. The van der Waals surface area contributed by atoms with E-state index in [0.717, 1.165) is 0 Å². The Balaban J connectivity index is 3.27. The maximum Gasteiger partial charge on any atom is 0.459 e. The van der Waals surface area contributed by atoms with Crippen molar-refractivity contribution in [2.75, 3.05) is 0 Å². The lowest BCUT2D eigenvalue weighted by atomic mass is 10.6. The number of rotatable bonds is 0. The van der Waals surface area contributed by atoms with Gasteiger partial charge in [0.2, 0.25) is 15.7 Å². The molecule has 1 N–H and O–H groups in total. The molecule has 1 rings (SSSR count). The lowest BCUT2D eigenvalue weighted by Gasteiger charge is -1.62. The predicted octanol–water partition coefficient (Wildman–Crippen LogP) is 2.20. The maximum absolute atomic E-state index is 8.18. The van der Waals surface area contributed by atoms with Crippen LogP contribution < -0.4 is 0 Å². The summed E-state index contributed by atoms with van der Waals surface area (Å²) >= 11 is 10.8. The molecule has 0 saturated heterocycles. The van der Waals surface area contributed by atoms with Gasteiger partial charge in [-0.15, -0.1) is 0 Å². The third-order valence-electron chi connectivity index (χ3n) is 0.756. The van der Waals surface area contributed by atoms with Crippen molar-refractivity contribution in [2.24, 2.45) is 0 Å². The van der Waals surface area contributed by atoms with Crippen molar-refractivity contribution in [3.8, 4) is 0 Å². The third-order valence-corrected chi connectivity index (χ3v) is 1.28. The SMILES string of the molecule is N#[N+]c1c(Cl)n[nH]c1Cl. The molecule has 0 aliphatic rings. The normalized spacial score (nSPS) is 9.00. The summed E-state index contributed by atoms with van der Waals surface area (Å²) < 4.78 is 0. The monoisotopic (exact) mass is 163 g/mol. The Morgan fingerprint density at radius 1 is 1.56 bits per heavy atom. The van der Waals surface area contributed by atoms with E-state index in [1.807, 2.05) is 0 Å². The Morgan fingerprint density at radius 3 is 2.44 bits per heavy atom. The number of aromatic nitrogens is 2. The molecule has 0 saturated carbocycles. The molecule has 0 aromatic carbocycles. The molecule has 46 valence electrons. The number of diazo groups is 1. The Morgan fingerprint density at radius 2 is 2.22 bits per heavy atom. The van der Waals surface area contributed by atoms with E-state index in [-0.39, 0.29) is 16.0 Å². The topological polar surface area (TPSA) is 56.8 Å². The molecule has 0 unspecified atom stereocenters. The summed E-state index contributed by atoms with van der Waals surface area (Å²) in [5.74, 6) is 0. The molecule has 0 aliphatic heterocycles. The lowest BCUT2D eigenvalue weighted by molar-refractivity contribution is 1.09. The average molecular weight is 164 g/mol. The van der Waals surface area contributed by atoms with Crippen LogP contribution in [0.3, 0.4) is 0 Å². The lowest BCUT2D eigenvalue weighted by Crippen LogP contribution is -1.61. The van der Waals surface area contributed by atoms with Crippen LogP contribution in [0, 0.1) is 5.39 Å². The van der Waals surface area contributed by atoms with Gasteiger partial charge in [0, 0.05) is 0 Å². The van der Waals surface area contributed by atoms with Crippen LogP contribution in [0.1, 0.15) is 0 Å². The van der Waals surface area contributed by atoms with E-state index < -0.39 is 0 Å². The summed E-state index contributed by atoms with van der Waals surface area (Å²) in [4.78, 5) is 2.77. The Hall–Kier alpha value is -0.790. The van der Waals surface area contributed by atoms with Gasteiger partial charge in [0.25, 0.3) is 0 Å². The van der Waals surface area contributed by atoms with Gasteiger partial charge in [-0.2, -0.15) is 5.10 Å². The van der Waals surface area contributed by atoms with Crippen LogP contribution in [0.15, 0.2) is 0 Å². The number of nitrogens with zero attached hydrogens (tertiary/aromatic N) is 3. The molecule has 0 atom stereocenters. The third kappa shape index (κ3) is 0.969. The summed E-state index contributed by atoms with van der Waals surface area (Å²) in [6.07, 6.45) is 0. The zero-order valence-corrected chi connectivity index (χ0v) is 5.61. The predicted molar refractivity (Wildman–Crippen MR) is 33.4 cm³/mol. The first kappa shape index (κ1) is 6.33. The van der Waals surface area contributed by atoms with Crippen LogP contribution in [0.5, 0.6) is 0 Å². The van der Waals surface area contributed by atoms with Crippen molar-refractivity contribution >= 4 is 28.9 Å². The molecule has 0 fully saturated rings. The molecule has 1 heterocycles. The molecule has 0 aliphatic carbocycles. The smallest absolute Gasteiger partial charge is 0.259 e. The minimum absolute atomic E-state index is 0.0579. The van der Waals surface area contributed by atoms with Crippen molar-refractivity contribution in [1.82, 2.24) is 10.2 Å². The highest BCUT2D eigenvalue weighted by Gasteiger charge is 2.21. The first-order chi connectivity index (χ1) is 4.25. The fourth-order valence-electron chi connectivity index (χ4n) is 0.380. The van der Waals surface area contributed by atoms with Gasteiger partial charge < -0.3 is 0 Å². The zero-order valence-electron chi connectivity index (χ0n) is 4.10. The molecule has 0 radical (unpaired) electrons. The number of halogens is 2. The van der Waals surface area contributed by atoms with Crippen molar-refractivity contribution in [2.45, 2.75) is 0 Å². The van der Waals surface area contributed by atoms with Crippen LogP contribution in [-0.4, -0.2) is 10.2 Å². The van der Waals surface area contributed by atoms with Crippen molar-refractivity contribution in [3.63, 3.8) is 0 Å². The number of H-pyrrole nitrogens is 1. The number of hydrogen-bond donors (Lipinski definition) is 1. The number of hydrogen-bond acceptors (Lipinski definition) is 2. The molecule has 4 nitrogen and oxygen atoms in total. The summed E-state index contributed by atoms with van der Waals surface area (Å²) in [6, 6.07) is 0.